The Bertz CT molecular complexity index is 3640. The molecule has 2 saturated carbocycles. The standard InChI is InChI=1S/C70H69NO19/c1-42-51(85-63(75)57-55(47-28-18-10-19-29-47)71(64(76)81-38-44-22-12-7-13-23-44)61(87-57)48-32-34-50(80-6)35-33-48)37-70(79)60(89-62(74)49-30-20-11-21-31-49)58-68(5,59(73)56(54(42)67(70,3)4)88-66(78)83-40-46-26-16-9-17-27-46)52(36-53-69(58,41-84-53)90-43(2)72)86-65(77)82-39-45-24-14-8-15-25-45/h7-35,51-53,55-58,60-61,79H,36-41H2,1-6H3/t51-,52-,53+,55-,56+,57+,58-,60-,61?,68+,69-,70+/m0/s1. The van der Waals surface area contributed by atoms with Crippen LogP contribution < -0.4 is 4.74 Å². The number of benzene rings is 6. The maximum absolute atomic E-state index is 16.9. The van der Waals surface area contributed by atoms with Gasteiger partial charge >= 0.3 is 36.3 Å². The highest BCUT2D eigenvalue weighted by atomic mass is 16.7. The quantitative estimate of drug-likeness (QED) is 0.0538. The van der Waals surface area contributed by atoms with Crippen LogP contribution in [0.5, 0.6) is 5.75 Å². The van der Waals surface area contributed by atoms with Crippen LogP contribution in [0.4, 0.5) is 14.4 Å². The first kappa shape index (κ1) is 62.2. The van der Waals surface area contributed by atoms with Gasteiger partial charge in [0.2, 0.25) is 0 Å². The molecular weight excluding hydrogens is 1160 g/mol. The molecule has 0 aromatic heterocycles. The first-order chi connectivity index (χ1) is 43.3. The summed E-state index contributed by atoms with van der Waals surface area (Å²) in [5, 5.41) is 14.6. The third kappa shape index (κ3) is 11.8. The molecule has 2 bridgehead atoms. The molecular formula is C70H69NO19. The Balaban J connectivity index is 1.07. The Kier molecular flexibility index (Phi) is 17.7. The van der Waals surface area contributed by atoms with E-state index in [1.807, 2.05) is 6.07 Å². The van der Waals surface area contributed by atoms with Crippen molar-refractivity contribution in [2.45, 2.75) is 127 Å². The summed E-state index contributed by atoms with van der Waals surface area (Å²) in [6.07, 6.45) is -15.8. The maximum Gasteiger partial charge on any atom is 0.509 e. The first-order valence-electron chi connectivity index (χ1n) is 29.6. The molecule has 2 saturated heterocycles. The van der Waals surface area contributed by atoms with E-state index in [4.69, 9.17) is 52.1 Å². The number of rotatable bonds is 16. The molecule has 0 radical (unpaired) electrons. The zero-order chi connectivity index (χ0) is 63.5. The molecule has 6 aromatic rings. The van der Waals surface area contributed by atoms with Gasteiger partial charge in [0.1, 0.15) is 61.6 Å². The number of aliphatic hydroxyl groups is 1. The van der Waals surface area contributed by atoms with Crippen molar-refractivity contribution < 1.29 is 90.8 Å². The number of hydrogen-bond donors (Lipinski definition) is 1. The molecule has 11 rings (SSSR count). The van der Waals surface area contributed by atoms with Gasteiger partial charge in [-0.2, -0.15) is 0 Å². The van der Waals surface area contributed by atoms with Crippen molar-refractivity contribution in [1.82, 2.24) is 4.90 Å². The van der Waals surface area contributed by atoms with Gasteiger partial charge in [-0.3, -0.25) is 14.5 Å². The van der Waals surface area contributed by atoms with E-state index in [2.05, 4.69) is 0 Å². The van der Waals surface area contributed by atoms with E-state index >= 15 is 14.4 Å². The van der Waals surface area contributed by atoms with Crippen molar-refractivity contribution in [3.8, 4) is 5.75 Å². The van der Waals surface area contributed by atoms with Crippen LogP contribution in [0.1, 0.15) is 97.9 Å². The monoisotopic (exact) mass is 1230 g/mol. The topological polar surface area (TPSA) is 244 Å². The van der Waals surface area contributed by atoms with Gasteiger partial charge in [-0.15, -0.1) is 0 Å². The molecule has 4 fully saturated rings. The second-order valence-electron chi connectivity index (χ2n) is 23.8. The van der Waals surface area contributed by atoms with E-state index in [1.165, 1.54) is 31.1 Å². The lowest BCUT2D eigenvalue weighted by Crippen LogP contribution is -2.82. The van der Waals surface area contributed by atoms with E-state index < -0.39 is 132 Å². The molecule has 2 heterocycles. The van der Waals surface area contributed by atoms with Gasteiger partial charge in [0.25, 0.3) is 0 Å². The third-order valence-electron chi connectivity index (χ3n) is 18.3. The second-order valence-corrected chi connectivity index (χ2v) is 23.8. The van der Waals surface area contributed by atoms with E-state index in [9.17, 15) is 24.3 Å². The number of amides is 1. The Morgan fingerprint density at radius 3 is 1.71 bits per heavy atom. The predicted molar refractivity (Wildman–Crippen MR) is 318 cm³/mol. The van der Waals surface area contributed by atoms with Crippen LogP contribution in [-0.4, -0.2) is 114 Å². The van der Waals surface area contributed by atoms with Gasteiger partial charge in [0, 0.05) is 30.7 Å². The van der Waals surface area contributed by atoms with Crippen LogP contribution in [0.15, 0.2) is 187 Å². The Morgan fingerprint density at radius 1 is 0.644 bits per heavy atom. The minimum atomic E-state index is -2.57. The Labute approximate surface area is 519 Å². The number of ketones is 1. The average molecular weight is 1230 g/mol. The van der Waals surface area contributed by atoms with Crippen molar-refractivity contribution in [3.05, 3.63) is 220 Å². The summed E-state index contributed by atoms with van der Waals surface area (Å²) < 4.78 is 68.1. The summed E-state index contributed by atoms with van der Waals surface area (Å²) in [5.41, 5.74) is -5.92. The van der Waals surface area contributed by atoms with E-state index in [-0.39, 0.29) is 43.0 Å². The summed E-state index contributed by atoms with van der Waals surface area (Å²) in [5.74, 6) is -5.12. The van der Waals surface area contributed by atoms with Crippen LogP contribution >= 0.6 is 0 Å². The normalized spacial score (nSPS) is 28.0. The molecule has 20 nitrogen and oxygen atoms in total. The molecule has 90 heavy (non-hydrogen) atoms. The summed E-state index contributed by atoms with van der Waals surface area (Å²) in [7, 11) is 1.50. The highest BCUT2D eigenvalue weighted by Crippen LogP contribution is 2.65. The molecule has 1 amide bonds. The number of ether oxygens (including phenoxy) is 11. The highest BCUT2D eigenvalue weighted by Gasteiger charge is 2.79. The summed E-state index contributed by atoms with van der Waals surface area (Å²) in [4.78, 5) is 106. The minimum Gasteiger partial charge on any atom is -0.497 e. The lowest BCUT2D eigenvalue weighted by atomic mass is 9.44. The lowest BCUT2D eigenvalue weighted by molar-refractivity contribution is -0.346. The van der Waals surface area contributed by atoms with Crippen molar-refractivity contribution >= 4 is 42.1 Å². The fourth-order valence-corrected chi connectivity index (χ4v) is 13.7. The largest absolute Gasteiger partial charge is 0.509 e. The number of nitrogens with zero attached hydrogens (tertiary/aromatic N) is 1. The number of esters is 3. The third-order valence-corrected chi connectivity index (χ3v) is 18.3. The Hall–Kier alpha value is -9.37. The fourth-order valence-electron chi connectivity index (χ4n) is 13.7. The van der Waals surface area contributed by atoms with Crippen molar-refractivity contribution in [3.63, 3.8) is 0 Å². The highest BCUT2D eigenvalue weighted by molar-refractivity contribution is 5.96. The number of carbonyl (C=O) groups excluding carboxylic acids is 7. The van der Waals surface area contributed by atoms with Crippen molar-refractivity contribution in [1.29, 1.82) is 0 Å². The number of carbonyl (C=O) groups is 7. The van der Waals surface area contributed by atoms with Gasteiger partial charge in [0.05, 0.1) is 30.6 Å². The molecule has 20 heteroatoms. The molecule has 1 unspecified atom stereocenters. The lowest BCUT2D eigenvalue weighted by Gasteiger charge is -2.67. The smallest absolute Gasteiger partial charge is 0.497 e. The van der Waals surface area contributed by atoms with Crippen LogP contribution in [0.25, 0.3) is 0 Å². The number of hydrogen-bond acceptors (Lipinski definition) is 19. The minimum absolute atomic E-state index is 0.0155. The van der Waals surface area contributed by atoms with Gasteiger partial charge in [0.15, 0.2) is 29.8 Å². The van der Waals surface area contributed by atoms with Crippen molar-refractivity contribution in [2.24, 2.45) is 16.7 Å². The SMILES string of the molecule is COc1ccc(C2O[C@@H](C(=O)O[C@H]3C[C@@]4(O)[C@@H](OC(=O)c5ccccc5)[C@@H]5[C@]6(OC(C)=O)CO[C@@H]6C[C@H](OC(=O)OCc6ccccc6)[C@@]5(C)C(=O)[C@H](OC(=O)OCc5ccccc5)C(=C3C)C4(C)C)[C@H](c3ccccc3)N2C(=O)OCc2ccccc2)cc1. The second kappa shape index (κ2) is 25.6. The van der Waals surface area contributed by atoms with Crippen molar-refractivity contribution in [2.75, 3.05) is 13.7 Å². The molecule has 2 aliphatic heterocycles. The summed E-state index contributed by atoms with van der Waals surface area (Å²) in [6.45, 7) is 6.10. The van der Waals surface area contributed by atoms with Crippen LogP contribution in [0.3, 0.4) is 0 Å². The molecule has 468 valence electrons. The van der Waals surface area contributed by atoms with E-state index in [1.54, 1.807) is 178 Å². The van der Waals surface area contributed by atoms with Gasteiger partial charge in [-0.25, -0.2) is 24.0 Å². The zero-order valence-electron chi connectivity index (χ0n) is 50.4. The summed E-state index contributed by atoms with van der Waals surface area (Å²) in [6, 6.07) is 48.4. The molecule has 12 atom stereocenters. The summed E-state index contributed by atoms with van der Waals surface area (Å²) >= 11 is 0. The van der Waals surface area contributed by atoms with Gasteiger partial charge in [-0.05, 0) is 71.5 Å². The molecule has 6 aromatic carbocycles. The van der Waals surface area contributed by atoms with Gasteiger partial charge < -0.3 is 57.2 Å². The van der Waals surface area contributed by atoms with Crippen LogP contribution in [-0.2, 0) is 81.6 Å². The Morgan fingerprint density at radius 2 is 1.18 bits per heavy atom. The number of Topliss-reactive ketones (excluding diaryl/α,β-unsaturated/α-hetero) is 1. The predicted octanol–water partition coefficient (Wildman–Crippen LogP) is 10.8. The van der Waals surface area contributed by atoms with Crippen LogP contribution in [0, 0.1) is 16.7 Å². The fraction of sp³-hybridized carbons (Fsp3) is 0.357. The zero-order valence-corrected chi connectivity index (χ0v) is 50.4. The molecule has 5 aliphatic rings. The maximum atomic E-state index is 16.9. The number of fused-ring (bicyclic) bond motifs is 5. The average Bonchev–Trinajstić information content (AvgIpc) is 0.948. The number of methoxy groups -OCH3 is 1. The van der Waals surface area contributed by atoms with Crippen LogP contribution in [0.2, 0.25) is 0 Å². The van der Waals surface area contributed by atoms with E-state index in [0.717, 1.165) is 6.92 Å². The molecule has 1 N–H and O–H groups in total. The van der Waals surface area contributed by atoms with Gasteiger partial charge in [-0.1, -0.05) is 166 Å². The van der Waals surface area contributed by atoms with E-state index in [0.29, 0.717) is 33.6 Å². The molecule has 3 aliphatic carbocycles. The first-order valence-corrected chi connectivity index (χ1v) is 29.6. The molecule has 0 spiro atoms.